The molecule has 0 fully saturated rings. The second kappa shape index (κ2) is 38.5. The Morgan fingerprint density at radius 1 is 0.588 bits per heavy atom. The van der Waals surface area contributed by atoms with E-state index in [1.807, 2.05) is 0 Å². The Hall–Kier alpha value is -1.25. The molecule has 0 aliphatic carbocycles. The highest BCUT2D eigenvalue weighted by Crippen LogP contribution is 2.42. The zero-order chi connectivity index (χ0) is 37.5. The molecule has 0 aliphatic rings. The number of unbranched alkanes of at least 4 members (excludes halogenated alkanes) is 25. The minimum Gasteiger partial charge on any atom is -0.463 e. The molecule has 0 saturated heterocycles. The number of esters is 1. The highest BCUT2D eigenvalue weighted by Gasteiger charge is 2.23. The van der Waals surface area contributed by atoms with Crippen LogP contribution in [0.2, 0.25) is 0 Å². The summed E-state index contributed by atoms with van der Waals surface area (Å²) in [7, 11) is -4.40. The lowest BCUT2D eigenvalue weighted by Crippen LogP contribution is -2.27. The van der Waals surface area contributed by atoms with Crippen molar-refractivity contribution in [2.45, 2.75) is 213 Å². The maximum Gasteiger partial charge on any atom is 0.472 e. The fourth-order valence-corrected chi connectivity index (χ4v) is 6.72. The maximum atomic E-state index is 12.0. The fraction of sp³-hybridized carbons (Fsp3) is 0.902. The number of aliphatic hydroxyl groups excluding tert-OH is 1. The highest BCUT2D eigenvalue weighted by molar-refractivity contribution is 7.47. The summed E-state index contributed by atoms with van der Waals surface area (Å²) in [4.78, 5) is 33.7. The Morgan fingerprint density at radius 2 is 1.00 bits per heavy atom. The lowest BCUT2D eigenvalue weighted by Gasteiger charge is -2.15. The number of aliphatic hydroxyl groups is 1. The van der Waals surface area contributed by atoms with Crippen molar-refractivity contribution in [2.75, 3.05) is 26.4 Å². The highest BCUT2D eigenvalue weighted by atomic mass is 31.2. The van der Waals surface area contributed by atoms with Crippen molar-refractivity contribution < 1.29 is 37.9 Å². The molecule has 51 heavy (non-hydrogen) atoms. The van der Waals surface area contributed by atoms with Crippen LogP contribution >= 0.6 is 7.82 Å². The van der Waals surface area contributed by atoms with Gasteiger partial charge in [-0.05, 0) is 38.5 Å². The van der Waals surface area contributed by atoms with Gasteiger partial charge in [0.1, 0.15) is 12.7 Å². The van der Waals surface area contributed by atoms with Crippen molar-refractivity contribution in [3.8, 4) is 0 Å². The molecule has 0 aromatic heterocycles. The molecule has 0 radical (unpaired) electrons. The van der Waals surface area contributed by atoms with Gasteiger partial charge in [0.25, 0.3) is 0 Å². The number of carbonyl (C=O) groups excluding carboxylic acids is 2. The van der Waals surface area contributed by atoms with Crippen molar-refractivity contribution in [1.29, 1.82) is 0 Å². The first-order valence-electron chi connectivity index (χ1n) is 21.2. The van der Waals surface area contributed by atoms with Gasteiger partial charge in [-0.15, -0.1) is 0 Å². The van der Waals surface area contributed by atoms with Gasteiger partial charge in [-0.2, -0.15) is 0 Å². The quantitative estimate of drug-likeness (QED) is 0.0244. The molecule has 2 atom stereocenters. The molecule has 3 N–H and O–H groups in total. The van der Waals surface area contributed by atoms with Gasteiger partial charge in [0.05, 0.1) is 13.2 Å². The first-order chi connectivity index (χ1) is 24.8. The van der Waals surface area contributed by atoms with Gasteiger partial charge >= 0.3 is 13.8 Å². The molecule has 9 nitrogen and oxygen atoms in total. The first kappa shape index (κ1) is 49.8. The third-order valence-electron chi connectivity index (χ3n) is 9.20. The summed E-state index contributed by atoms with van der Waals surface area (Å²) in [6, 6.07) is 0. The number of hydrogen-bond donors (Lipinski definition) is 3. The molecule has 10 heteroatoms. The Labute approximate surface area is 313 Å². The molecule has 2 unspecified atom stereocenters. The summed E-state index contributed by atoms with van der Waals surface area (Å²) in [5.41, 5.74) is 0. The van der Waals surface area contributed by atoms with Gasteiger partial charge in [0, 0.05) is 19.4 Å². The Balaban J connectivity index is 3.55. The largest absolute Gasteiger partial charge is 0.472 e. The molecule has 1 amide bonds. The van der Waals surface area contributed by atoms with Crippen molar-refractivity contribution in [3.05, 3.63) is 12.2 Å². The predicted molar refractivity (Wildman–Crippen MR) is 211 cm³/mol. The summed E-state index contributed by atoms with van der Waals surface area (Å²) in [5, 5.41) is 12.7. The summed E-state index contributed by atoms with van der Waals surface area (Å²) in [5.74, 6) is -0.513. The standard InChI is InChI=1S/C41H80NO8P/c1-3-5-7-9-11-13-14-15-16-17-18-19-20-21-22-23-24-26-28-30-32-34-41(45)48-37-39(43)38-50-51(46,47)49-36-35-42-40(44)33-31-29-27-25-12-10-8-6-4-2/h15-16,39,43H,3-14,17-38H2,1-2H3,(H,42,44)(H,46,47)/b16-15+. The predicted octanol–water partition coefficient (Wildman–Crippen LogP) is 11.4. The molecule has 0 saturated carbocycles. The van der Waals surface area contributed by atoms with Crippen LogP contribution in [0.3, 0.4) is 0 Å². The van der Waals surface area contributed by atoms with E-state index in [2.05, 4.69) is 31.3 Å². The number of phosphoric ester groups is 1. The third-order valence-corrected chi connectivity index (χ3v) is 10.2. The van der Waals surface area contributed by atoms with Gasteiger partial charge in [-0.1, -0.05) is 167 Å². The summed E-state index contributed by atoms with van der Waals surface area (Å²) < 4.78 is 26.8. The SMILES string of the molecule is CCCCCCCC/C=C/CCCCCCCCCCCCCC(=O)OCC(O)COP(=O)(O)OCCNC(=O)CCCCCCCCCCC. The van der Waals surface area contributed by atoms with E-state index in [0.717, 1.165) is 38.5 Å². The third kappa shape index (κ3) is 39.8. The van der Waals surface area contributed by atoms with E-state index in [1.54, 1.807) is 0 Å². The van der Waals surface area contributed by atoms with Crippen LogP contribution in [0.25, 0.3) is 0 Å². The van der Waals surface area contributed by atoms with Crippen LogP contribution < -0.4 is 5.32 Å². The lowest BCUT2D eigenvalue weighted by molar-refractivity contribution is -0.147. The van der Waals surface area contributed by atoms with E-state index >= 15 is 0 Å². The van der Waals surface area contributed by atoms with Gasteiger partial charge in [-0.25, -0.2) is 4.57 Å². The number of carbonyl (C=O) groups is 2. The molecule has 0 rings (SSSR count). The van der Waals surface area contributed by atoms with Crippen molar-refractivity contribution >= 4 is 19.7 Å². The summed E-state index contributed by atoms with van der Waals surface area (Å²) >= 11 is 0. The minimum atomic E-state index is -4.40. The molecule has 0 aliphatic heterocycles. The molecule has 0 heterocycles. The van der Waals surface area contributed by atoms with Crippen LogP contribution in [-0.2, 0) is 27.9 Å². The smallest absolute Gasteiger partial charge is 0.463 e. The van der Waals surface area contributed by atoms with E-state index in [4.69, 9.17) is 13.8 Å². The summed E-state index contributed by atoms with van der Waals surface area (Å²) in [6.45, 7) is 3.54. The average molecular weight is 746 g/mol. The van der Waals surface area contributed by atoms with Crippen LogP contribution in [-0.4, -0.2) is 54.3 Å². The van der Waals surface area contributed by atoms with E-state index in [-0.39, 0.29) is 32.1 Å². The number of amides is 1. The number of hydrogen-bond acceptors (Lipinski definition) is 7. The molecule has 0 spiro atoms. The number of ether oxygens (including phenoxy) is 1. The van der Waals surface area contributed by atoms with E-state index < -0.39 is 26.5 Å². The molecular formula is C41H80NO8P. The molecule has 302 valence electrons. The molecule has 0 bridgehead atoms. The number of rotatable bonds is 40. The lowest BCUT2D eigenvalue weighted by atomic mass is 10.0. The van der Waals surface area contributed by atoms with Crippen LogP contribution in [0, 0.1) is 0 Å². The topological polar surface area (TPSA) is 131 Å². The minimum absolute atomic E-state index is 0.0855. The molecule has 0 aromatic carbocycles. The number of nitrogens with one attached hydrogen (secondary N) is 1. The van der Waals surface area contributed by atoms with Gasteiger partial charge < -0.3 is 20.1 Å². The molecular weight excluding hydrogens is 665 g/mol. The number of phosphoric acid groups is 1. The van der Waals surface area contributed by atoms with Crippen LogP contribution in [0.5, 0.6) is 0 Å². The van der Waals surface area contributed by atoms with E-state index in [9.17, 15) is 24.2 Å². The van der Waals surface area contributed by atoms with Crippen molar-refractivity contribution in [1.82, 2.24) is 5.32 Å². The van der Waals surface area contributed by atoms with Crippen LogP contribution in [0.1, 0.15) is 206 Å². The van der Waals surface area contributed by atoms with E-state index in [0.29, 0.717) is 6.42 Å². The Morgan fingerprint density at radius 3 is 1.47 bits per heavy atom. The first-order valence-corrected chi connectivity index (χ1v) is 22.7. The average Bonchev–Trinajstić information content (AvgIpc) is 3.11. The van der Waals surface area contributed by atoms with Gasteiger partial charge in [-0.3, -0.25) is 18.6 Å². The second-order valence-electron chi connectivity index (χ2n) is 14.3. The monoisotopic (exact) mass is 746 g/mol. The zero-order valence-electron chi connectivity index (χ0n) is 33.1. The van der Waals surface area contributed by atoms with Gasteiger partial charge in [0.15, 0.2) is 0 Å². The second-order valence-corrected chi connectivity index (χ2v) is 15.8. The molecule has 0 aromatic rings. The van der Waals surface area contributed by atoms with Crippen molar-refractivity contribution in [3.63, 3.8) is 0 Å². The fourth-order valence-electron chi connectivity index (χ4n) is 5.96. The zero-order valence-corrected chi connectivity index (χ0v) is 34.0. The maximum absolute atomic E-state index is 12.0. The van der Waals surface area contributed by atoms with Crippen molar-refractivity contribution in [2.24, 2.45) is 0 Å². The Bertz CT molecular complexity index is 856. The Kier molecular flexibility index (Phi) is 37.5. The van der Waals surface area contributed by atoms with Crippen LogP contribution in [0.15, 0.2) is 12.2 Å². The summed E-state index contributed by atoms with van der Waals surface area (Å²) in [6.07, 6.45) is 38.7. The number of allylic oxidation sites excluding steroid dienone is 2. The normalized spacial score (nSPS) is 13.4. The van der Waals surface area contributed by atoms with E-state index in [1.165, 1.54) is 141 Å². The van der Waals surface area contributed by atoms with Crippen LogP contribution in [0.4, 0.5) is 0 Å². The van der Waals surface area contributed by atoms with Gasteiger partial charge in [0.2, 0.25) is 5.91 Å².